The second-order valence-corrected chi connectivity index (χ2v) is 10.6. The summed E-state index contributed by atoms with van der Waals surface area (Å²) in [7, 11) is -3.80. The van der Waals surface area contributed by atoms with Gasteiger partial charge in [0.15, 0.2) is 9.92 Å². The summed E-state index contributed by atoms with van der Waals surface area (Å²) in [5.74, 6) is 0.930. The van der Waals surface area contributed by atoms with E-state index in [0.717, 1.165) is 42.3 Å². The third-order valence-corrected chi connectivity index (χ3v) is 7.65. The highest BCUT2D eigenvalue weighted by Gasteiger charge is 2.33. The molecule has 2 aromatic rings. The molecule has 31 heavy (non-hydrogen) atoms. The van der Waals surface area contributed by atoms with Crippen molar-refractivity contribution in [1.29, 1.82) is 4.78 Å². The first-order chi connectivity index (χ1) is 14.6. The van der Waals surface area contributed by atoms with E-state index in [2.05, 4.69) is 29.1 Å². The van der Waals surface area contributed by atoms with Gasteiger partial charge < -0.3 is 19.9 Å². The maximum atomic E-state index is 12.8. The SMILES string of the molecule is CC(c1ccc2c(c1NC(=O)N[S@](=N)(=O)c1cc(C(C)(O)CO)co1)CCC2)C1CC1. The Morgan fingerprint density at radius 2 is 2.13 bits per heavy atom. The van der Waals surface area contributed by atoms with Gasteiger partial charge in [0.05, 0.1) is 12.9 Å². The van der Waals surface area contributed by atoms with E-state index in [1.165, 1.54) is 31.4 Å². The molecule has 1 aromatic carbocycles. The number of aryl methyl sites for hydroxylation is 1. The number of aliphatic hydroxyl groups is 2. The van der Waals surface area contributed by atoms with Gasteiger partial charge in [-0.25, -0.2) is 18.5 Å². The van der Waals surface area contributed by atoms with E-state index in [1.54, 1.807) is 0 Å². The van der Waals surface area contributed by atoms with Gasteiger partial charge in [-0.15, -0.1) is 0 Å². The minimum Gasteiger partial charge on any atom is -0.452 e. The number of carbonyl (C=O) groups is 1. The lowest BCUT2D eigenvalue weighted by atomic mass is 9.91. The van der Waals surface area contributed by atoms with Crippen molar-refractivity contribution in [3.05, 3.63) is 46.7 Å². The zero-order valence-corrected chi connectivity index (χ0v) is 18.6. The molecular weight excluding hydrogens is 418 g/mol. The molecule has 0 radical (unpaired) electrons. The zero-order valence-electron chi connectivity index (χ0n) is 17.7. The largest absolute Gasteiger partial charge is 0.452 e. The Balaban J connectivity index is 1.56. The standard InChI is InChI=1S/C22H29N3O5S/c1-13(14-6-7-14)17-9-8-15-4-3-5-18(15)20(17)24-21(27)25-31(23,29)19-10-16(11-30-19)22(2,28)12-26/h8-11,13-14,26,28H,3-7,12H2,1-2H3,(H3,23,24,25,27,29)/t13?,22?,31-/m0/s1. The fourth-order valence-electron chi connectivity index (χ4n) is 4.22. The lowest BCUT2D eigenvalue weighted by Crippen LogP contribution is -2.34. The molecule has 2 aliphatic rings. The van der Waals surface area contributed by atoms with Gasteiger partial charge >= 0.3 is 6.03 Å². The zero-order chi connectivity index (χ0) is 22.4. The Labute approximate surface area is 182 Å². The van der Waals surface area contributed by atoms with Crippen molar-refractivity contribution in [1.82, 2.24) is 4.72 Å². The van der Waals surface area contributed by atoms with Crippen LogP contribution in [0.1, 0.15) is 61.3 Å². The average molecular weight is 448 g/mol. The van der Waals surface area contributed by atoms with Crippen LogP contribution in [0.3, 0.4) is 0 Å². The second-order valence-electron chi connectivity index (χ2n) is 8.85. The Morgan fingerprint density at radius 1 is 1.39 bits per heavy atom. The van der Waals surface area contributed by atoms with Gasteiger partial charge in [-0.1, -0.05) is 19.1 Å². The number of anilines is 1. The number of aliphatic hydroxyl groups excluding tert-OH is 1. The summed E-state index contributed by atoms with van der Waals surface area (Å²) in [6.07, 6.45) is 6.37. The molecule has 2 amide bonds. The lowest BCUT2D eigenvalue weighted by Gasteiger charge is -2.20. The van der Waals surface area contributed by atoms with Crippen LogP contribution in [0.4, 0.5) is 10.5 Å². The molecule has 0 aliphatic heterocycles. The topological polar surface area (TPSA) is 136 Å². The predicted molar refractivity (Wildman–Crippen MR) is 116 cm³/mol. The first kappa shape index (κ1) is 21.9. The number of benzene rings is 1. The van der Waals surface area contributed by atoms with Crippen molar-refractivity contribution in [2.24, 2.45) is 5.92 Å². The Kier molecular flexibility index (Phi) is 5.61. The molecule has 3 atom stereocenters. The molecule has 0 saturated heterocycles. The molecule has 5 N–H and O–H groups in total. The smallest absolute Gasteiger partial charge is 0.332 e. The highest BCUT2D eigenvalue weighted by molar-refractivity contribution is 7.91. The van der Waals surface area contributed by atoms with Crippen molar-refractivity contribution in [2.45, 2.75) is 62.6 Å². The molecule has 2 aliphatic carbocycles. The molecule has 9 heteroatoms. The molecule has 0 bridgehead atoms. The number of hydrogen-bond donors (Lipinski definition) is 5. The van der Waals surface area contributed by atoms with Crippen LogP contribution in [0.25, 0.3) is 0 Å². The maximum absolute atomic E-state index is 12.8. The highest BCUT2D eigenvalue weighted by Crippen LogP contribution is 2.46. The van der Waals surface area contributed by atoms with Gasteiger partial charge in [0.25, 0.3) is 0 Å². The van der Waals surface area contributed by atoms with Crippen molar-refractivity contribution in [2.75, 3.05) is 11.9 Å². The van der Waals surface area contributed by atoms with E-state index in [0.29, 0.717) is 11.8 Å². The van der Waals surface area contributed by atoms with E-state index in [4.69, 9.17) is 9.20 Å². The molecule has 4 rings (SSSR count). The number of amides is 2. The number of carbonyl (C=O) groups excluding carboxylic acids is 1. The molecule has 1 fully saturated rings. The van der Waals surface area contributed by atoms with Crippen LogP contribution in [0.5, 0.6) is 0 Å². The first-order valence-electron chi connectivity index (χ1n) is 10.6. The van der Waals surface area contributed by atoms with Crippen molar-refractivity contribution < 1.29 is 23.6 Å². The minimum atomic E-state index is -3.80. The maximum Gasteiger partial charge on any atom is 0.332 e. The van der Waals surface area contributed by atoms with E-state index < -0.39 is 28.2 Å². The summed E-state index contributed by atoms with van der Waals surface area (Å²) in [5.41, 5.74) is 2.76. The minimum absolute atomic E-state index is 0.175. The van der Waals surface area contributed by atoms with Gasteiger partial charge in [-0.05, 0) is 67.6 Å². The Bertz CT molecular complexity index is 1100. The van der Waals surface area contributed by atoms with Crippen molar-refractivity contribution in [3.63, 3.8) is 0 Å². The third-order valence-electron chi connectivity index (χ3n) is 6.40. The molecule has 8 nitrogen and oxygen atoms in total. The number of hydrogen-bond acceptors (Lipinski definition) is 6. The second kappa shape index (κ2) is 7.96. The summed E-state index contributed by atoms with van der Waals surface area (Å²) in [4.78, 5) is 12.8. The van der Waals surface area contributed by atoms with Crippen LogP contribution >= 0.6 is 0 Å². The van der Waals surface area contributed by atoms with Crippen LogP contribution in [0.15, 0.2) is 34.0 Å². The van der Waals surface area contributed by atoms with Gasteiger partial charge in [0.2, 0.25) is 5.09 Å². The fourth-order valence-corrected chi connectivity index (χ4v) is 5.11. The molecule has 0 spiro atoms. The number of rotatable bonds is 7. The average Bonchev–Trinajstić information content (AvgIpc) is 3.23. The lowest BCUT2D eigenvalue weighted by molar-refractivity contribution is -0.00272. The van der Waals surface area contributed by atoms with Gasteiger partial charge in [0, 0.05) is 17.3 Å². The number of furan rings is 1. The van der Waals surface area contributed by atoms with Gasteiger partial charge in [-0.3, -0.25) is 0 Å². The summed E-state index contributed by atoms with van der Waals surface area (Å²) in [6.45, 7) is 2.97. The van der Waals surface area contributed by atoms with E-state index in [9.17, 15) is 19.2 Å². The van der Waals surface area contributed by atoms with Crippen LogP contribution in [-0.4, -0.2) is 27.1 Å². The monoisotopic (exact) mass is 447 g/mol. The Morgan fingerprint density at radius 3 is 2.81 bits per heavy atom. The molecule has 168 valence electrons. The van der Waals surface area contributed by atoms with Crippen molar-refractivity contribution >= 4 is 21.6 Å². The van der Waals surface area contributed by atoms with Gasteiger partial charge in [-0.2, -0.15) is 0 Å². The number of nitrogens with one attached hydrogen (secondary N) is 3. The molecule has 1 saturated carbocycles. The quantitative estimate of drug-likeness (QED) is 0.442. The van der Waals surface area contributed by atoms with Crippen LogP contribution in [0, 0.1) is 10.7 Å². The van der Waals surface area contributed by atoms with Crippen LogP contribution in [0.2, 0.25) is 0 Å². The summed E-state index contributed by atoms with van der Waals surface area (Å²) in [6, 6.07) is 4.70. The van der Waals surface area contributed by atoms with Gasteiger partial charge in [0.1, 0.15) is 5.60 Å². The fraction of sp³-hybridized carbons (Fsp3) is 0.500. The van der Waals surface area contributed by atoms with Crippen LogP contribution < -0.4 is 10.0 Å². The first-order valence-corrected chi connectivity index (χ1v) is 12.1. The van der Waals surface area contributed by atoms with E-state index in [1.807, 2.05) is 0 Å². The number of fused-ring (bicyclic) bond motifs is 1. The highest BCUT2D eigenvalue weighted by atomic mass is 32.2. The summed E-state index contributed by atoms with van der Waals surface area (Å²) >= 11 is 0. The summed E-state index contributed by atoms with van der Waals surface area (Å²) < 4.78 is 28.4. The molecule has 1 heterocycles. The molecule has 1 aromatic heterocycles. The van der Waals surface area contributed by atoms with Crippen LogP contribution in [-0.2, 0) is 28.4 Å². The molecule has 2 unspecified atom stereocenters. The molecular formula is C22H29N3O5S. The summed E-state index contributed by atoms with van der Waals surface area (Å²) in [5, 5.41) is 22.0. The van der Waals surface area contributed by atoms with E-state index in [-0.39, 0.29) is 10.7 Å². The normalized spacial score (nSPS) is 20.4. The van der Waals surface area contributed by atoms with Crippen molar-refractivity contribution in [3.8, 4) is 0 Å². The van der Waals surface area contributed by atoms with E-state index >= 15 is 0 Å². The third kappa shape index (κ3) is 4.35. The Hall–Kier alpha value is -2.36. The predicted octanol–water partition coefficient (Wildman–Crippen LogP) is 3.62. The number of urea groups is 1.